The molecule has 2 aliphatic heterocycles. The zero-order valence-corrected chi connectivity index (χ0v) is 27.3. The summed E-state index contributed by atoms with van der Waals surface area (Å²) >= 11 is 0. The minimum atomic E-state index is -4.67. The molecule has 3 N–H and O–H groups in total. The molecule has 2 aromatic heterocycles. The Labute approximate surface area is 280 Å². The van der Waals surface area contributed by atoms with Crippen LogP contribution in [0.2, 0.25) is 0 Å². The van der Waals surface area contributed by atoms with Gasteiger partial charge < -0.3 is 23.6 Å². The van der Waals surface area contributed by atoms with E-state index < -0.39 is 85.9 Å². The molecule has 1 aromatic carbocycles. The Balaban J connectivity index is 1.40. The fourth-order valence-corrected chi connectivity index (χ4v) is 7.10. The van der Waals surface area contributed by atoms with Gasteiger partial charge in [0.05, 0.1) is 49.1 Å². The van der Waals surface area contributed by atoms with Crippen LogP contribution in [0.1, 0.15) is 53.4 Å². The lowest BCUT2D eigenvalue weighted by molar-refractivity contribution is -0.0375. The van der Waals surface area contributed by atoms with Crippen molar-refractivity contribution in [1.82, 2.24) is 19.1 Å². The van der Waals surface area contributed by atoms with Crippen LogP contribution in [0.5, 0.6) is 0 Å². The highest BCUT2D eigenvalue weighted by Gasteiger charge is 2.44. The van der Waals surface area contributed by atoms with Crippen molar-refractivity contribution in [3.8, 4) is 6.07 Å². The molecule has 7 atom stereocenters. The summed E-state index contributed by atoms with van der Waals surface area (Å²) in [6.45, 7) is 1.80. The average Bonchev–Trinajstić information content (AvgIpc) is 3.69. The van der Waals surface area contributed by atoms with Crippen LogP contribution in [0, 0.1) is 25.2 Å². The molecular weight excluding hydrogens is 681 g/mol. The summed E-state index contributed by atoms with van der Waals surface area (Å²) in [5.74, 6) is -1.94. The standard InChI is InChI=1S/C28H30N11O10P/c1-14-10-38(27(43)32-24(14)40)22-7-18(34-36-30)20(48-22)12-46-50(45,26(42)17-5-3-16(9-29)4-6-17)47-13-21-19(35-37-31)8-23(49-21)39-11-15(2)25(41)33-28(39)44/h3-6,10-11,18-23,26,42H,7-8,12-13H2,1-2H3,(H,32,40,43)(H,33,41,44)/t18-,19-,20+,21+,22+,23+,26?/m0/s1. The molecule has 5 rings (SSSR count). The SMILES string of the molecule is Cc1cn([C@H]2C[C@H](N=[N+]=[N-])[C@@H](COP(=O)(OC[C@H]3O[C@@H](n4cc(C)c(=O)[nH]c4=O)C[C@@H]3N=[N+]=[N-])C(O)c3ccc(C#N)cc3)O2)c(=O)[nH]c1=O. The molecule has 22 heteroatoms. The number of nitrogens with one attached hydrogen (secondary N) is 2. The van der Waals surface area contributed by atoms with Gasteiger partial charge >= 0.3 is 19.0 Å². The Kier molecular flexibility index (Phi) is 10.9. The van der Waals surface area contributed by atoms with Crippen LogP contribution in [0.25, 0.3) is 20.9 Å². The van der Waals surface area contributed by atoms with Gasteiger partial charge in [-0.15, -0.1) is 0 Å². The van der Waals surface area contributed by atoms with E-state index in [0.717, 1.165) is 9.13 Å². The van der Waals surface area contributed by atoms with Gasteiger partial charge in [-0.25, -0.2) is 9.59 Å². The smallest absolute Gasteiger partial charge is 0.363 e. The zero-order valence-electron chi connectivity index (χ0n) is 26.4. The third kappa shape index (κ3) is 7.63. The number of aromatic nitrogens is 4. The highest BCUT2D eigenvalue weighted by atomic mass is 31.2. The first-order valence-electron chi connectivity index (χ1n) is 15.0. The fourth-order valence-electron chi connectivity index (χ4n) is 5.49. The number of hydrogen-bond donors (Lipinski definition) is 3. The second kappa shape index (κ2) is 15.1. The molecule has 0 aliphatic carbocycles. The summed E-state index contributed by atoms with van der Waals surface area (Å²) < 4.78 is 40.0. The van der Waals surface area contributed by atoms with Crippen LogP contribution in [0.3, 0.4) is 0 Å². The maximum absolute atomic E-state index is 14.4. The van der Waals surface area contributed by atoms with Crippen molar-refractivity contribution in [2.24, 2.45) is 10.2 Å². The number of hydrogen-bond acceptors (Lipinski definition) is 13. The molecule has 4 heterocycles. The lowest BCUT2D eigenvalue weighted by Crippen LogP contribution is -2.33. The monoisotopic (exact) mass is 711 g/mol. The Bertz CT molecular complexity index is 2060. The quantitative estimate of drug-likeness (QED) is 0.106. The van der Waals surface area contributed by atoms with E-state index in [9.17, 15) is 45.2 Å². The molecule has 262 valence electrons. The summed E-state index contributed by atoms with van der Waals surface area (Å²) in [6, 6.07) is 5.47. The minimum Gasteiger partial charge on any atom is -0.376 e. The van der Waals surface area contributed by atoms with Crippen molar-refractivity contribution in [1.29, 1.82) is 5.26 Å². The molecule has 2 saturated heterocycles. The fraction of sp³-hybridized carbons (Fsp3) is 0.464. The number of azide groups is 2. The van der Waals surface area contributed by atoms with Crippen molar-refractivity contribution >= 4 is 7.60 Å². The first-order chi connectivity index (χ1) is 23.9. The lowest BCUT2D eigenvalue weighted by atomic mass is 10.1. The molecular formula is C28H30N11O10P. The van der Waals surface area contributed by atoms with Gasteiger partial charge in [0, 0.05) is 46.2 Å². The Morgan fingerprint density at radius 2 is 1.36 bits per heavy atom. The average molecular weight is 712 g/mol. The maximum Gasteiger partial charge on any atom is 0.363 e. The second-order valence-corrected chi connectivity index (χ2v) is 13.6. The van der Waals surface area contributed by atoms with E-state index in [-0.39, 0.29) is 35.1 Å². The molecule has 1 unspecified atom stereocenters. The van der Waals surface area contributed by atoms with Gasteiger partial charge in [-0.05, 0) is 42.6 Å². The van der Waals surface area contributed by atoms with Crippen LogP contribution >= 0.6 is 7.60 Å². The van der Waals surface area contributed by atoms with E-state index in [1.807, 2.05) is 6.07 Å². The predicted molar refractivity (Wildman–Crippen MR) is 171 cm³/mol. The predicted octanol–water partition coefficient (Wildman–Crippen LogP) is 2.43. The van der Waals surface area contributed by atoms with Crippen molar-refractivity contribution in [3.63, 3.8) is 0 Å². The number of aliphatic hydroxyl groups is 1. The number of aryl methyl sites for hydroxylation is 2. The van der Waals surface area contributed by atoms with Crippen LogP contribution in [-0.4, -0.2) is 61.7 Å². The second-order valence-electron chi connectivity index (χ2n) is 11.5. The number of benzene rings is 1. The maximum atomic E-state index is 14.4. The summed E-state index contributed by atoms with van der Waals surface area (Å²) in [5, 5.41) is 28.0. The number of aliphatic hydroxyl groups excluding tert-OH is 1. The number of nitrogens with zero attached hydrogens (tertiary/aromatic N) is 9. The van der Waals surface area contributed by atoms with E-state index in [0.29, 0.717) is 0 Å². The topological polar surface area (TPSA) is 305 Å². The van der Waals surface area contributed by atoms with Crippen molar-refractivity contribution in [2.75, 3.05) is 13.2 Å². The Morgan fingerprint density at radius 1 is 0.920 bits per heavy atom. The van der Waals surface area contributed by atoms with Crippen molar-refractivity contribution < 1.29 is 28.2 Å². The molecule has 50 heavy (non-hydrogen) atoms. The Hall–Kier alpha value is -5.28. The summed E-state index contributed by atoms with van der Waals surface area (Å²) in [7, 11) is -4.67. The molecule has 0 radical (unpaired) electrons. The van der Waals surface area contributed by atoms with Crippen molar-refractivity contribution in [3.05, 3.63) is 121 Å². The van der Waals surface area contributed by atoms with Gasteiger partial charge in [0.1, 0.15) is 12.5 Å². The normalized spacial score (nSPS) is 24.8. The zero-order chi connectivity index (χ0) is 36.2. The van der Waals surface area contributed by atoms with Crippen LogP contribution < -0.4 is 22.5 Å². The van der Waals surface area contributed by atoms with Gasteiger partial charge in [0.2, 0.25) is 0 Å². The van der Waals surface area contributed by atoms with Gasteiger partial charge in [0.25, 0.3) is 11.1 Å². The number of ether oxygens (including phenoxy) is 2. The molecule has 0 bridgehead atoms. The highest BCUT2D eigenvalue weighted by molar-refractivity contribution is 7.54. The van der Waals surface area contributed by atoms with E-state index >= 15 is 0 Å². The largest absolute Gasteiger partial charge is 0.376 e. The molecule has 0 spiro atoms. The minimum absolute atomic E-state index is 0.0262. The van der Waals surface area contributed by atoms with Gasteiger partial charge in [0.15, 0.2) is 5.85 Å². The summed E-state index contributed by atoms with van der Waals surface area (Å²) in [4.78, 5) is 58.7. The first kappa shape index (κ1) is 36.0. The van der Waals surface area contributed by atoms with E-state index in [1.165, 1.54) is 50.5 Å². The van der Waals surface area contributed by atoms with E-state index in [1.54, 1.807) is 0 Å². The molecule has 3 aromatic rings. The summed E-state index contributed by atoms with van der Waals surface area (Å²) in [5.41, 5.74) is 16.4. The van der Waals surface area contributed by atoms with Gasteiger partial charge in [-0.1, -0.05) is 22.4 Å². The Morgan fingerprint density at radius 3 is 1.76 bits per heavy atom. The molecule has 2 fully saturated rings. The van der Waals surface area contributed by atoms with Crippen LogP contribution in [0.4, 0.5) is 0 Å². The number of aromatic amines is 2. The first-order valence-corrected chi connectivity index (χ1v) is 16.6. The summed E-state index contributed by atoms with van der Waals surface area (Å²) in [6.07, 6.45) is -1.75. The molecule has 21 nitrogen and oxygen atoms in total. The third-order valence-electron chi connectivity index (χ3n) is 8.20. The molecule has 0 saturated carbocycles. The van der Waals surface area contributed by atoms with E-state index in [2.05, 4.69) is 30.0 Å². The molecule has 2 aliphatic rings. The third-order valence-corrected chi connectivity index (χ3v) is 10.1. The number of rotatable bonds is 12. The van der Waals surface area contributed by atoms with Gasteiger partial charge in [-0.3, -0.25) is 33.3 Å². The van der Waals surface area contributed by atoms with Crippen LogP contribution in [0.15, 0.2) is 66.1 Å². The highest BCUT2D eigenvalue weighted by Crippen LogP contribution is 2.60. The van der Waals surface area contributed by atoms with E-state index in [4.69, 9.17) is 18.5 Å². The van der Waals surface area contributed by atoms with Gasteiger partial charge in [-0.2, -0.15) is 5.26 Å². The number of nitriles is 1. The number of H-pyrrole nitrogens is 2. The molecule has 0 amide bonds. The van der Waals surface area contributed by atoms with Crippen LogP contribution in [-0.2, 0) is 23.1 Å². The van der Waals surface area contributed by atoms with Crippen molar-refractivity contribution in [2.45, 2.75) is 69.3 Å². The lowest BCUT2D eigenvalue weighted by Gasteiger charge is -2.27.